The van der Waals surface area contributed by atoms with E-state index in [0.29, 0.717) is 18.9 Å². The third-order valence-electron chi connectivity index (χ3n) is 3.93. The van der Waals surface area contributed by atoms with Crippen molar-refractivity contribution in [1.82, 2.24) is 4.72 Å². The van der Waals surface area contributed by atoms with Gasteiger partial charge in [-0.15, -0.1) is 0 Å². The average molecular weight is 319 g/mol. The number of sulfonamides is 1. The molecule has 1 aliphatic rings. The van der Waals surface area contributed by atoms with Crippen LogP contribution in [0.5, 0.6) is 0 Å². The Hall–Kier alpha value is -1.05. The number of hydrogen-bond donors (Lipinski definition) is 2. The number of hydrogen-bond acceptors (Lipinski definition) is 3. The van der Waals surface area contributed by atoms with E-state index in [1.807, 2.05) is 0 Å². The summed E-state index contributed by atoms with van der Waals surface area (Å²) in [5.41, 5.74) is 0.0840. The molecular formula is C14H19F2NO3S. The number of aliphatic hydroxyl groups excluding tert-OH is 1. The van der Waals surface area contributed by atoms with E-state index in [1.54, 1.807) is 0 Å². The van der Waals surface area contributed by atoms with Crippen LogP contribution in [-0.2, 0) is 10.0 Å². The van der Waals surface area contributed by atoms with Gasteiger partial charge in [0.25, 0.3) is 0 Å². The second-order valence-corrected chi connectivity index (χ2v) is 7.24. The minimum Gasteiger partial charge on any atom is -0.396 e. The summed E-state index contributed by atoms with van der Waals surface area (Å²) < 4.78 is 53.8. The van der Waals surface area contributed by atoms with Crippen molar-refractivity contribution >= 4 is 10.0 Å². The van der Waals surface area contributed by atoms with Crippen LogP contribution >= 0.6 is 0 Å². The first kappa shape index (κ1) is 16.3. The number of halogens is 2. The van der Waals surface area contributed by atoms with E-state index >= 15 is 0 Å². The van der Waals surface area contributed by atoms with Gasteiger partial charge in [-0.05, 0) is 50.2 Å². The minimum atomic E-state index is -4.01. The van der Waals surface area contributed by atoms with Crippen LogP contribution in [0.15, 0.2) is 17.0 Å². The average Bonchev–Trinajstić information content (AvgIpc) is 2.43. The molecule has 4 nitrogen and oxygen atoms in total. The molecule has 0 heterocycles. The summed E-state index contributed by atoms with van der Waals surface area (Å²) in [7, 11) is -4.01. The highest BCUT2D eigenvalue weighted by molar-refractivity contribution is 7.89. The maximum Gasteiger partial charge on any atom is 0.243 e. The molecular weight excluding hydrogens is 300 g/mol. The van der Waals surface area contributed by atoms with Crippen molar-refractivity contribution < 1.29 is 22.3 Å². The van der Waals surface area contributed by atoms with Gasteiger partial charge in [-0.3, -0.25) is 0 Å². The molecule has 0 aliphatic heterocycles. The van der Waals surface area contributed by atoms with Crippen LogP contribution in [0.4, 0.5) is 8.78 Å². The van der Waals surface area contributed by atoms with Crippen molar-refractivity contribution in [3.05, 3.63) is 29.3 Å². The van der Waals surface area contributed by atoms with Crippen LogP contribution in [0, 0.1) is 24.5 Å². The van der Waals surface area contributed by atoms with Crippen LogP contribution < -0.4 is 4.72 Å². The largest absolute Gasteiger partial charge is 0.396 e. The van der Waals surface area contributed by atoms with Crippen molar-refractivity contribution in [2.45, 2.75) is 43.5 Å². The molecule has 2 rings (SSSR count). The Morgan fingerprint density at radius 2 is 1.81 bits per heavy atom. The first-order valence-electron chi connectivity index (χ1n) is 6.92. The van der Waals surface area contributed by atoms with Crippen molar-refractivity contribution in [2.24, 2.45) is 5.92 Å². The molecule has 1 saturated carbocycles. The summed E-state index contributed by atoms with van der Waals surface area (Å²) in [6.45, 7) is 1.49. The first-order chi connectivity index (χ1) is 9.83. The topological polar surface area (TPSA) is 66.4 Å². The molecule has 2 N–H and O–H groups in total. The summed E-state index contributed by atoms with van der Waals surface area (Å²) in [5, 5.41) is 9.06. The molecule has 7 heteroatoms. The number of aliphatic hydroxyl groups is 1. The van der Waals surface area contributed by atoms with Crippen molar-refractivity contribution in [3.8, 4) is 0 Å². The van der Waals surface area contributed by atoms with E-state index in [2.05, 4.69) is 4.72 Å². The first-order valence-corrected chi connectivity index (χ1v) is 8.40. The Morgan fingerprint density at radius 3 is 2.38 bits per heavy atom. The minimum absolute atomic E-state index is 0.0840. The number of aryl methyl sites for hydroxylation is 1. The zero-order valence-corrected chi connectivity index (χ0v) is 12.6. The van der Waals surface area contributed by atoms with Gasteiger partial charge < -0.3 is 5.11 Å². The van der Waals surface area contributed by atoms with E-state index in [0.717, 1.165) is 18.9 Å². The van der Waals surface area contributed by atoms with Gasteiger partial charge in [0.15, 0.2) is 0 Å². The molecule has 0 atom stereocenters. The summed E-state index contributed by atoms with van der Waals surface area (Å²) in [4.78, 5) is -0.523. The van der Waals surface area contributed by atoms with E-state index in [1.165, 1.54) is 6.92 Å². The Bertz CT molecular complexity index is 611. The van der Waals surface area contributed by atoms with Gasteiger partial charge >= 0.3 is 0 Å². The van der Waals surface area contributed by atoms with Gasteiger partial charge in [-0.1, -0.05) is 0 Å². The highest BCUT2D eigenvalue weighted by Gasteiger charge is 2.27. The SMILES string of the molecule is Cc1cc(S(=O)(=O)NC2CCC(CO)CC2)c(F)cc1F. The van der Waals surface area contributed by atoms with Crippen LogP contribution in [-0.4, -0.2) is 26.2 Å². The lowest BCUT2D eigenvalue weighted by Crippen LogP contribution is -2.38. The predicted molar refractivity (Wildman–Crippen MR) is 74.2 cm³/mol. The summed E-state index contributed by atoms with van der Waals surface area (Å²) in [6, 6.07) is 1.32. The van der Waals surface area contributed by atoms with Crippen molar-refractivity contribution in [1.29, 1.82) is 0 Å². The fraction of sp³-hybridized carbons (Fsp3) is 0.571. The smallest absolute Gasteiger partial charge is 0.243 e. The fourth-order valence-corrected chi connectivity index (χ4v) is 4.03. The maximum absolute atomic E-state index is 13.7. The molecule has 1 fully saturated rings. The molecule has 0 unspecified atom stereocenters. The molecule has 118 valence electrons. The molecule has 0 radical (unpaired) electrons. The van der Waals surface area contributed by atoms with Crippen LogP contribution in [0.25, 0.3) is 0 Å². The van der Waals surface area contributed by atoms with Crippen LogP contribution in [0.3, 0.4) is 0 Å². The predicted octanol–water partition coefficient (Wildman–Crippen LogP) is 2.10. The van der Waals surface area contributed by atoms with Gasteiger partial charge in [0.2, 0.25) is 10.0 Å². The molecule has 0 spiro atoms. The second-order valence-electron chi connectivity index (χ2n) is 5.55. The van der Waals surface area contributed by atoms with E-state index in [4.69, 9.17) is 5.11 Å². The van der Waals surface area contributed by atoms with Gasteiger partial charge in [0.1, 0.15) is 16.5 Å². The summed E-state index contributed by atoms with van der Waals surface area (Å²) >= 11 is 0. The maximum atomic E-state index is 13.7. The highest BCUT2D eigenvalue weighted by atomic mass is 32.2. The Labute approximate surface area is 123 Å². The lowest BCUT2D eigenvalue weighted by molar-refractivity contribution is 0.180. The van der Waals surface area contributed by atoms with E-state index in [9.17, 15) is 17.2 Å². The lowest BCUT2D eigenvalue weighted by Gasteiger charge is -2.27. The van der Waals surface area contributed by atoms with Crippen LogP contribution in [0.2, 0.25) is 0 Å². The second kappa shape index (κ2) is 6.37. The van der Waals surface area contributed by atoms with Crippen LogP contribution in [0.1, 0.15) is 31.2 Å². The number of nitrogens with one attached hydrogen (secondary N) is 1. The van der Waals surface area contributed by atoms with E-state index < -0.39 is 26.6 Å². The molecule has 0 saturated heterocycles. The van der Waals surface area contributed by atoms with Gasteiger partial charge in [-0.2, -0.15) is 0 Å². The normalized spacial score (nSPS) is 23.2. The summed E-state index contributed by atoms with van der Waals surface area (Å²) in [5.74, 6) is -1.65. The van der Waals surface area contributed by atoms with Gasteiger partial charge in [0.05, 0.1) is 0 Å². The molecule has 0 amide bonds. The van der Waals surface area contributed by atoms with Crippen molar-refractivity contribution in [3.63, 3.8) is 0 Å². The monoisotopic (exact) mass is 319 g/mol. The lowest BCUT2D eigenvalue weighted by atomic mass is 9.87. The Morgan fingerprint density at radius 1 is 1.19 bits per heavy atom. The molecule has 1 aliphatic carbocycles. The quantitative estimate of drug-likeness (QED) is 0.893. The van der Waals surface area contributed by atoms with Crippen molar-refractivity contribution in [2.75, 3.05) is 6.61 Å². The molecule has 21 heavy (non-hydrogen) atoms. The standard InChI is InChI=1S/C14H19F2NO3S/c1-9-6-14(13(16)7-12(9)15)21(19,20)17-11-4-2-10(8-18)3-5-11/h6-7,10-11,17-18H,2-5,8H2,1H3. The fourth-order valence-electron chi connectivity index (χ4n) is 2.58. The van der Waals surface area contributed by atoms with Gasteiger partial charge in [0, 0.05) is 18.7 Å². The van der Waals surface area contributed by atoms with E-state index in [-0.39, 0.29) is 24.1 Å². The summed E-state index contributed by atoms with van der Waals surface area (Å²) in [6.07, 6.45) is 2.67. The molecule has 1 aromatic carbocycles. The third kappa shape index (κ3) is 3.78. The molecule has 1 aromatic rings. The molecule has 0 aromatic heterocycles. The zero-order chi connectivity index (χ0) is 15.6. The zero-order valence-electron chi connectivity index (χ0n) is 11.8. The number of rotatable bonds is 4. The highest BCUT2D eigenvalue weighted by Crippen LogP contribution is 2.26. The Kier molecular flexibility index (Phi) is 4.95. The third-order valence-corrected chi connectivity index (χ3v) is 5.46. The van der Waals surface area contributed by atoms with Gasteiger partial charge in [-0.25, -0.2) is 21.9 Å². The Balaban J connectivity index is 2.14. The number of benzene rings is 1. The molecule has 0 bridgehead atoms.